The number of hydrogen-bond donors (Lipinski definition) is 0. The van der Waals surface area contributed by atoms with E-state index in [1.807, 2.05) is 24.3 Å². The summed E-state index contributed by atoms with van der Waals surface area (Å²) in [5.74, 6) is 0.510. The Hall–Kier alpha value is -4.40. The highest BCUT2D eigenvalue weighted by molar-refractivity contribution is 5.81. The van der Waals surface area contributed by atoms with E-state index >= 15 is 0 Å². The van der Waals surface area contributed by atoms with Crippen LogP contribution in [0.15, 0.2) is 71.5 Å². The molecule has 0 amide bonds. The summed E-state index contributed by atoms with van der Waals surface area (Å²) in [6, 6.07) is 17.8. The quantitative estimate of drug-likeness (QED) is 0.291. The van der Waals surface area contributed by atoms with Gasteiger partial charge in [0.05, 0.1) is 26.4 Å². The molecule has 0 radical (unpaired) electrons. The van der Waals surface area contributed by atoms with Crippen molar-refractivity contribution in [2.45, 2.75) is 26.2 Å². The number of para-hydroxylation sites is 1. The third-order valence-electron chi connectivity index (χ3n) is 5.74. The first-order valence-corrected chi connectivity index (χ1v) is 10.4. The molecular formula is C24H20N4O5. The predicted molar refractivity (Wildman–Crippen MR) is 125 cm³/mol. The molecule has 1 unspecified atom stereocenters. The van der Waals surface area contributed by atoms with Crippen LogP contribution in [-0.4, -0.2) is 19.4 Å². The van der Waals surface area contributed by atoms with E-state index in [0.717, 1.165) is 24.1 Å². The number of aromatic nitrogens is 2. The minimum absolute atomic E-state index is 0.160. The van der Waals surface area contributed by atoms with E-state index in [1.54, 1.807) is 24.3 Å². The molecule has 0 fully saturated rings. The number of fused-ring (bicyclic) bond motifs is 1. The van der Waals surface area contributed by atoms with Gasteiger partial charge in [-0.25, -0.2) is 4.98 Å². The van der Waals surface area contributed by atoms with E-state index in [1.165, 1.54) is 10.6 Å². The Morgan fingerprint density at radius 1 is 0.939 bits per heavy atom. The minimum Gasteiger partial charge on any atom is -0.268 e. The third kappa shape index (κ3) is 3.96. The maximum Gasteiger partial charge on any atom is 0.346 e. The molecule has 0 spiro atoms. The van der Waals surface area contributed by atoms with Crippen molar-refractivity contribution in [2.24, 2.45) is 0 Å². The lowest BCUT2D eigenvalue weighted by atomic mass is 9.98. The minimum atomic E-state index is -0.813. The highest BCUT2D eigenvalue weighted by atomic mass is 16.6. The Morgan fingerprint density at radius 2 is 1.61 bits per heavy atom. The zero-order valence-electron chi connectivity index (χ0n) is 18.0. The molecule has 0 aliphatic rings. The van der Waals surface area contributed by atoms with E-state index in [-0.39, 0.29) is 16.9 Å². The van der Waals surface area contributed by atoms with Gasteiger partial charge in [0.25, 0.3) is 5.56 Å². The van der Waals surface area contributed by atoms with Gasteiger partial charge in [-0.3, -0.25) is 29.6 Å². The summed E-state index contributed by atoms with van der Waals surface area (Å²) in [4.78, 5) is 39.2. The second-order valence-electron chi connectivity index (χ2n) is 7.71. The second kappa shape index (κ2) is 8.62. The Bertz CT molecular complexity index is 1440. The standard InChI is InChI=1S/C24H20N4O5/c1-3-15(2)16-8-11-18(12-9-16)26-23(25-20-7-5-4-6-19(20)24(26)29)17-10-13-21(27(30)31)22(14-17)28(32)33/h4-15H,3H2,1-2H3. The average molecular weight is 444 g/mol. The Morgan fingerprint density at radius 3 is 2.24 bits per heavy atom. The molecule has 0 N–H and O–H groups in total. The molecule has 1 atom stereocenters. The van der Waals surface area contributed by atoms with Gasteiger partial charge in [-0.15, -0.1) is 0 Å². The fraction of sp³-hybridized carbons (Fsp3) is 0.167. The number of nitro groups is 2. The van der Waals surface area contributed by atoms with Crippen LogP contribution in [-0.2, 0) is 0 Å². The maximum atomic E-state index is 13.5. The normalized spacial score (nSPS) is 11.9. The fourth-order valence-electron chi connectivity index (χ4n) is 3.72. The number of nitro benzene ring substituents is 2. The van der Waals surface area contributed by atoms with E-state index in [9.17, 15) is 25.0 Å². The van der Waals surface area contributed by atoms with Crippen LogP contribution >= 0.6 is 0 Å². The zero-order chi connectivity index (χ0) is 23.7. The summed E-state index contributed by atoms with van der Waals surface area (Å²) in [6.45, 7) is 4.20. The van der Waals surface area contributed by atoms with E-state index in [0.29, 0.717) is 22.5 Å². The highest BCUT2D eigenvalue weighted by Gasteiger charge is 2.26. The molecule has 4 aromatic rings. The van der Waals surface area contributed by atoms with Gasteiger partial charge in [0.15, 0.2) is 0 Å². The summed E-state index contributed by atoms with van der Waals surface area (Å²) in [7, 11) is 0. The highest BCUT2D eigenvalue weighted by Crippen LogP contribution is 2.32. The summed E-state index contributed by atoms with van der Waals surface area (Å²) < 4.78 is 1.38. The second-order valence-corrected chi connectivity index (χ2v) is 7.71. The first-order chi connectivity index (χ1) is 15.8. The first-order valence-electron chi connectivity index (χ1n) is 10.4. The predicted octanol–water partition coefficient (Wildman–Crippen LogP) is 5.38. The van der Waals surface area contributed by atoms with E-state index < -0.39 is 21.2 Å². The summed E-state index contributed by atoms with van der Waals surface area (Å²) in [6.07, 6.45) is 0.967. The SMILES string of the molecule is CCC(C)c1ccc(-n2c(-c3ccc([N+](=O)[O-])c([N+](=O)[O-])c3)nc3ccccc3c2=O)cc1. The average Bonchev–Trinajstić information content (AvgIpc) is 2.83. The molecule has 0 bridgehead atoms. The van der Waals surface area contributed by atoms with Crippen LogP contribution in [0, 0.1) is 20.2 Å². The largest absolute Gasteiger partial charge is 0.346 e. The van der Waals surface area contributed by atoms with Crippen molar-refractivity contribution in [3.05, 3.63) is 103 Å². The van der Waals surface area contributed by atoms with Gasteiger partial charge in [0.1, 0.15) is 5.82 Å². The molecule has 0 aliphatic carbocycles. The number of rotatable bonds is 6. The maximum absolute atomic E-state index is 13.5. The van der Waals surface area contributed by atoms with Crippen LogP contribution in [0.25, 0.3) is 28.0 Å². The Balaban J connectivity index is 2.01. The molecule has 3 aromatic carbocycles. The van der Waals surface area contributed by atoms with Gasteiger partial charge >= 0.3 is 11.4 Å². The Labute approximate surface area is 188 Å². The van der Waals surface area contributed by atoms with Gasteiger partial charge < -0.3 is 0 Å². The van der Waals surface area contributed by atoms with Crippen LogP contribution in [0.1, 0.15) is 31.7 Å². The van der Waals surface area contributed by atoms with Crippen LogP contribution in [0.5, 0.6) is 0 Å². The van der Waals surface area contributed by atoms with E-state index in [4.69, 9.17) is 0 Å². The van der Waals surface area contributed by atoms with Gasteiger partial charge in [0.2, 0.25) is 0 Å². The molecule has 0 saturated heterocycles. The van der Waals surface area contributed by atoms with Crippen LogP contribution in [0.3, 0.4) is 0 Å². The smallest absolute Gasteiger partial charge is 0.268 e. The molecule has 33 heavy (non-hydrogen) atoms. The summed E-state index contributed by atoms with van der Waals surface area (Å²) in [5, 5.41) is 23.1. The van der Waals surface area contributed by atoms with E-state index in [2.05, 4.69) is 18.8 Å². The van der Waals surface area contributed by atoms with Crippen molar-refractivity contribution >= 4 is 22.3 Å². The van der Waals surface area contributed by atoms with Crippen LogP contribution < -0.4 is 5.56 Å². The zero-order valence-corrected chi connectivity index (χ0v) is 18.0. The molecule has 1 heterocycles. The van der Waals surface area contributed by atoms with Gasteiger partial charge in [-0.2, -0.15) is 0 Å². The number of nitrogens with zero attached hydrogens (tertiary/aromatic N) is 4. The van der Waals surface area contributed by atoms with Gasteiger partial charge in [-0.1, -0.05) is 38.1 Å². The lowest BCUT2D eigenvalue weighted by Crippen LogP contribution is -2.22. The molecular weight excluding hydrogens is 424 g/mol. The lowest BCUT2D eigenvalue weighted by molar-refractivity contribution is -0.422. The van der Waals surface area contributed by atoms with Crippen LogP contribution in [0.2, 0.25) is 0 Å². The topological polar surface area (TPSA) is 121 Å². The summed E-state index contributed by atoms with van der Waals surface area (Å²) >= 11 is 0. The van der Waals surface area contributed by atoms with Crippen molar-refractivity contribution in [3.63, 3.8) is 0 Å². The molecule has 9 heteroatoms. The monoisotopic (exact) mass is 444 g/mol. The molecule has 9 nitrogen and oxygen atoms in total. The lowest BCUT2D eigenvalue weighted by Gasteiger charge is -2.15. The number of hydrogen-bond acceptors (Lipinski definition) is 6. The van der Waals surface area contributed by atoms with Crippen LogP contribution in [0.4, 0.5) is 11.4 Å². The molecule has 166 valence electrons. The molecule has 1 aromatic heterocycles. The summed E-state index contributed by atoms with van der Waals surface area (Å²) in [5.41, 5.74) is 0.673. The Kier molecular flexibility index (Phi) is 5.70. The van der Waals surface area contributed by atoms with Crippen molar-refractivity contribution in [1.29, 1.82) is 0 Å². The number of benzene rings is 3. The van der Waals surface area contributed by atoms with Crippen molar-refractivity contribution in [1.82, 2.24) is 9.55 Å². The van der Waals surface area contributed by atoms with Crippen molar-refractivity contribution < 1.29 is 9.85 Å². The van der Waals surface area contributed by atoms with Gasteiger partial charge in [-0.05, 0) is 48.2 Å². The first kappa shape index (κ1) is 21.8. The third-order valence-corrected chi connectivity index (χ3v) is 5.74. The fourth-order valence-corrected chi connectivity index (χ4v) is 3.72. The molecule has 4 rings (SSSR count). The molecule has 0 saturated carbocycles. The molecule has 0 aliphatic heterocycles. The van der Waals surface area contributed by atoms with Crippen molar-refractivity contribution in [3.8, 4) is 17.1 Å². The van der Waals surface area contributed by atoms with Crippen molar-refractivity contribution in [2.75, 3.05) is 0 Å². The van der Waals surface area contributed by atoms with Gasteiger partial charge in [0, 0.05) is 17.7 Å².